The standard InChI is InChI=1S/C16H20N4O4.HI/c1-22-12-6-5-11(10-14(12)23-2)20-16(17)19-8-7-18-15(21)13-4-3-9-24-13;/h3-6,9-10H,7-8H2,1-2H3,(H,18,21)(H3,17,19,20);1H. The summed E-state index contributed by atoms with van der Waals surface area (Å²) in [5.41, 5.74) is 6.53. The Kier molecular flexibility index (Phi) is 8.61. The topological polar surface area (TPSA) is 111 Å². The lowest BCUT2D eigenvalue weighted by Crippen LogP contribution is -2.28. The van der Waals surface area contributed by atoms with Crippen LogP contribution in [0.4, 0.5) is 5.69 Å². The minimum Gasteiger partial charge on any atom is -0.493 e. The monoisotopic (exact) mass is 460 g/mol. The van der Waals surface area contributed by atoms with Gasteiger partial charge in [0, 0.05) is 18.3 Å². The van der Waals surface area contributed by atoms with Crippen LogP contribution in [0, 0.1) is 0 Å². The summed E-state index contributed by atoms with van der Waals surface area (Å²) >= 11 is 0. The first-order chi connectivity index (χ1) is 11.6. The minimum atomic E-state index is -0.290. The second-order valence-electron chi connectivity index (χ2n) is 4.69. The Morgan fingerprint density at radius 1 is 1.24 bits per heavy atom. The van der Waals surface area contributed by atoms with Gasteiger partial charge in [0.15, 0.2) is 23.2 Å². The van der Waals surface area contributed by atoms with Crippen LogP contribution in [0.3, 0.4) is 0 Å². The number of aliphatic imine (C=N–C) groups is 1. The third kappa shape index (κ3) is 6.18. The molecular formula is C16H21IN4O4. The van der Waals surface area contributed by atoms with Gasteiger partial charge in [-0.05, 0) is 24.3 Å². The van der Waals surface area contributed by atoms with Crippen LogP contribution in [0.5, 0.6) is 11.5 Å². The van der Waals surface area contributed by atoms with Gasteiger partial charge in [-0.3, -0.25) is 9.79 Å². The van der Waals surface area contributed by atoms with E-state index in [0.29, 0.717) is 30.3 Å². The molecule has 0 unspecified atom stereocenters. The molecule has 1 heterocycles. The van der Waals surface area contributed by atoms with Crippen molar-refractivity contribution in [3.05, 3.63) is 42.4 Å². The average Bonchev–Trinajstić information content (AvgIpc) is 3.13. The van der Waals surface area contributed by atoms with Crippen LogP contribution in [0.2, 0.25) is 0 Å². The third-order valence-electron chi connectivity index (χ3n) is 3.08. The highest BCUT2D eigenvalue weighted by Gasteiger charge is 2.07. The lowest BCUT2D eigenvalue weighted by atomic mass is 10.3. The van der Waals surface area contributed by atoms with Gasteiger partial charge in [-0.1, -0.05) is 0 Å². The van der Waals surface area contributed by atoms with Crippen LogP contribution in [-0.4, -0.2) is 39.2 Å². The summed E-state index contributed by atoms with van der Waals surface area (Å²) < 4.78 is 15.4. The van der Waals surface area contributed by atoms with E-state index in [2.05, 4.69) is 15.6 Å². The molecule has 9 heteroatoms. The molecule has 0 radical (unpaired) electrons. The first-order valence-corrected chi connectivity index (χ1v) is 7.24. The molecule has 25 heavy (non-hydrogen) atoms. The normalized spacial score (nSPS) is 10.6. The van der Waals surface area contributed by atoms with Crippen LogP contribution in [0.25, 0.3) is 0 Å². The molecule has 2 aromatic rings. The summed E-state index contributed by atoms with van der Waals surface area (Å²) in [7, 11) is 3.12. The number of carbonyl (C=O) groups excluding carboxylic acids is 1. The van der Waals surface area contributed by atoms with E-state index in [1.165, 1.54) is 6.26 Å². The Morgan fingerprint density at radius 2 is 2.00 bits per heavy atom. The molecule has 1 aromatic heterocycles. The number of nitrogens with one attached hydrogen (secondary N) is 2. The molecule has 1 amide bonds. The molecular weight excluding hydrogens is 439 g/mol. The third-order valence-corrected chi connectivity index (χ3v) is 3.08. The van der Waals surface area contributed by atoms with E-state index in [1.807, 2.05) is 0 Å². The molecule has 0 fully saturated rings. The molecule has 0 aliphatic rings. The van der Waals surface area contributed by atoms with E-state index in [0.717, 1.165) is 0 Å². The molecule has 2 rings (SSSR count). The molecule has 4 N–H and O–H groups in total. The van der Waals surface area contributed by atoms with Crippen LogP contribution in [0.15, 0.2) is 46.0 Å². The molecule has 0 aliphatic heterocycles. The van der Waals surface area contributed by atoms with Crippen LogP contribution in [0.1, 0.15) is 10.6 Å². The van der Waals surface area contributed by atoms with Crippen molar-refractivity contribution in [3.8, 4) is 11.5 Å². The van der Waals surface area contributed by atoms with Gasteiger partial charge in [0.25, 0.3) is 5.91 Å². The number of halogens is 1. The van der Waals surface area contributed by atoms with Crippen molar-refractivity contribution in [2.45, 2.75) is 0 Å². The van der Waals surface area contributed by atoms with Crippen LogP contribution >= 0.6 is 24.0 Å². The maximum Gasteiger partial charge on any atom is 0.287 e. The van der Waals surface area contributed by atoms with Gasteiger partial charge in [-0.25, -0.2) is 0 Å². The van der Waals surface area contributed by atoms with E-state index in [4.69, 9.17) is 19.6 Å². The van der Waals surface area contributed by atoms with Gasteiger partial charge in [-0.15, -0.1) is 24.0 Å². The van der Waals surface area contributed by atoms with Crippen LogP contribution in [-0.2, 0) is 0 Å². The number of carbonyl (C=O) groups is 1. The van der Waals surface area contributed by atoms with Crippen molar-refractivity contribution in [2.75, 3.05) is 32.6 Å². The van der Waals surface area contributed by atoms with Gasteiger partial charge in [-0.2, -0.15) is 0 Å². The summed E-state index contributed by atoms with van der Waals surface area (Å²) in [4.78, 5) is 15.8. The largest absolute Gasteiger partial charge is 0.493 e. The lowest BCUT2D eigenvalue weighted by molar-refractivity contribution is 0.0927. The van der Waals surface area contributed by atoms with Gasteiger partial charge >= 0.3 is 0 Å². The maximum atomic E-state index is 11.6. The smallest absolute Gasteiger partial charge is 0.287 e. The fraction of sp³-hybridized carbons (Fsp3) is 0.250. The van der Waals surface area contributed by atoms with E-state index in [9.17, 15) is 4.79 Å². The van der Waals surface area contributed by atoms with E-state index < -0.39 is 0 Å². The van der Waals surface area contributed by atoms with E-state index in [1.54, 1.807) is 44.6 Å². The maximum absolute atomic E-state index is 11.6. The molecule has 0 bridgehead atoms. The predicted octanol–water partition coefficient (Wildman–Crippen LogP) is 2.07. The molecule has 0 atom stereocenters. The average molecular weight is 460 g/mol. The second-order valence-corrected chi connectivity index (χ2v) is 4.69. The Morgan fingerprint density at radius 3 is 2.64 bits per heavy atom. The Hall–Kier alpha value is -2.43. The zero-order valence-electron chi connectivity index (χ0n) is 13.9. The molecule has 1 aromatic carbocycles. The number of ether oxygens (including phenoxy) is 2. The Bertz CT molecular complexity index is 704. The van der Waals surface area contributed by atoms with Crippen molar-refractivity contribution in [1.82, 2.24) is 5.32 Å². The zero-order valence-corrected chi connectivity index (χ0v) is 16.3. The number of hydrogen-bond acceptors (Lipinski definition) is 5. The van der Waals surface area contributed by atoms with Crippen LogP contribution < -0.4 is 25.8 Å². The van der Waals surface area contributed by atoms with Crippen molar-refractivity contribution >= 4 is 41.5 Å². The van der Waals surface area contributed by atoms with E-state index in [-0.39, 0.29) is 41.6 Å². The van der Waals surface area contributed by atoms with Gasteiger partial charge in [0.1, 0.15) is 0 Å². The number of furan rings is 1. The number of anilines is 1. The van der Waals surface area contributed by atoms with E-state index >= 15 is 0 Å². The molecule has 136 valence electrons. The highest BCUT2D eigenvalue weighted by atomic mass is 127. The SMILES string of the molecule is COc1ccc(NC(N)=NCCNC(=O)c2ccco2)cc1OC.I. The number of nitrogens with two attached hydrogens (primary N) is 1. The summed E-state index contributed by atoms with van der Waals surface area (Å²) in [5.74, 6) is 1.41. The Balaban J connectivity index is 0.00000312. The second kappa shape index (κ2) is 10.4. The molecule has 8 nitrogen and oxygen atoms in total. The summed E-state index contributed by atoms with van der Waals surface area (Å²) in [6, 6.07) is 8.55. The quantitative estimate of drug-likeness (QED) is 0.253. The first kappa shape index (κ1) is 20.6. The van der Waals surface area contributed by atoms with Crippen molar-refractivity contribution in [3.63, 3.8) is 0 Å². The van der Waals surface area contributed by atoms with Gasteiger partial charge < -0.3 is 30.3 Å². The molecule has 0 saturated heterocycles. The number of benzene rings is 1. The highest BCUT2D eigenvalue weighted by molar-refractivity contribution is 14.0. The fourth-order valence-electron chi connectivity index (χ4n) is 1.94. The molecule has 0 spiro atoms. The first-order valence-electron chi connectivity index (χ1n) is 7.24. The van der Waals surface area contributed by atoms with Crippen molar-refractivity contribution in [1.29, 1.82) is 0 Å². The number of nitrogens with zero attached hydrogens (tertiary/aromatic N) is 1. The lowest BCUT2D eigenvalue weighted by Gasteiger charge is -2.11. The number of rotatable bonds is 7. The molecule has 0 aliphatic carbocycles. The molecule has 0 saturated carbocycles. The zero-order chi connectivity index (χ0) is 17.4. The minimum absolute atomic E-state index is 0. The highest BCUT2D eigenvalue weighted by Crippen LogP contribution is 2.29. The number of amides is 1. The van der Waals surface area contributed by atoms with Gasteiger partial charge in [0.2, 0.25) is 0 Å². The van der Waals surface area contributed by atoms with Gasteiger partial charge in [0.05, 0.1) is 27.0 Å². The number of methoxy groups -OCH3 is 2. The summed E-state index contributed by atoms with van der Waals surface area (Å²) in [5, 5.41) is 5.62. The summed E-state index contributed by atoms with van der Waals surface area (Å²) in [6.07, 6.45) is 1.44. The number of guanidine groups is 1. The predicted molar refractivity (Wildman–Crippen MR) is 106 cm³/mol. The Labute approximate surface area is 162 Å². The fourth-order valence-corrected chi connectivity index (χ4v) is 1.94. The van der Waals surface area contributed by atoms with Crippen molar-refractivity contribution in [2.24, 2.45) is 10.7 Å². The summed E-state index contributed by atoms with van der Waals surface area (Å²) in [6.45, 7) is 0.673. The number of hydrogen-bond donors (Lipinski definition) is 3. The van der Waals surface area contributed by atoms with Crippen molar-refractivity contribution < 1.29 is 18.7 Å².